The first-order chi connectivity index (χ1) is 9.75. The third-order valence-corrected chi connectivity index (χ3v) is 3.85. The molecule has 0 saturated heterocycles. The number of nitrogens with one attached hydrogen (secondary N) is 1. The van der Waals surface area contributed by atoms with Gasteiger partial charge in [-0.05, 0) is 37.8 Å². The van der Waals surface area contributed by atoms with E-state index in [9.17, 15) is 24.8 Å². The second kappa shape index (κ2) is 5.33. The molecular formula is C13H13ClN2O5. The molecule has 112 valence electrons. The lowest BCUT2D eigenvalue weighted by Gasteiger charge is -2.26. The third-order valence-electron chi connectivity index (χ3n) is 3.61. The number of carbonyl (C=O) groups excluding carboxylic acids is 1. The second-order valence-electron chi connectivity index (χ2n) is 5.15. The Morgan fingerprint density at radius 3 is 2.57 bits per heavy atom. The number of aliphatic carboxylic acids is 1. The van der Waals surface area contributed by atoms with Crippen LogP contribution >= 0.6 is 11.6 Å². The zero-order valence-corrected chi connectivity index (χ0v) is 11.9. The molecule has 0 radical (unpaired) electrons. The minimum Gasteiger partial charge on any atom is -0.480 e. The number of nitro benzene ring substituents is 1. The molecule has 7 nitrogen and oxygen atoms in total. The summed E-state index contributed by atoms with van der Waals surface area (Å²) in [5.74, 6) is -2.15. The first kappa shape index (κ1) is 15.2. The number of nitro groups is 1. The molecule has 1 aromatic carbocycles. The molecule has 1 aliphatic carbocycles. The molecule has 1 unspecified atom stereocenters. The van der Waals surface area contributed by atoms with Gasteiger partial charge in [0.15, 0.2) is 0 Å². The Hall–Kier alpha value is -2.15. The van der Waals surface area contributed by atoms with Gasteiger partial charge in [-0.15, -0.1) is 0 Å². The van der Waals surface area contributed by atoms with Gasteiger partial charge in [0.25, 0.3) is 11.6 Å². The highest BCUT2D eigenvalue weighted by atomic mass is 35.5. The van der Waals surface area contributed by atoms with Crippen LogP contribution in [0.3, 0.4) is 0 Å². The second-order valence-corrected chi connectivity index (χ2v) is 5.59. The van der Waals surface area contributed by atoms with Crippen LogP contribution in [0, 0.1) is 16.0 Å². The first-order valence-electron chi connectivity index (χ1n) is 6.25. The number of rotatable bonds is 5. The Kier molecular flexibility index (Phi) is 3.87. The van der Waals surface area contributed by atoms with Crippen molar-refractivity contribution >= 4 is 29.2 Å². The molecule has 2 rings (SSSR count). The molecule has 0 heterocycles. The molecule has 1 amide bonds. The van der Waals surface area contributed by atoms with Gasteiger partial charge in [0.1, 0.15) is 11.1 Å². The SMILES string of the molecule is CC(NC(=O)c1cc(Cl)ccc1[N+](=O)[O-])(C(=O)O)C1CC1. The lowest BCUT2D eigenvalue weighted by Crippen LogP contribution is -2.54. The van der Waals surface area contributed by atoms with E-state index in [4.69, 9.17) is 11.6 Å². The van der Waals surface area contributed by atoms with E-state index < -0.39 is 28.0 Å². The lowest BCUT2D eigenvalue weighted by atomic mass is 9.95. The van der Waals surface area contributed by atoms with E-state index >= 15 is 0 Å². The summed E-state index contributed by atoms with van der Waals surface area (Å²) in [7, 11) is 0. The fourth-order valence-electron chi connectivity index (χ4n) is 2.14. The van der Waals surface area contributed by atoms with Crippen molar-refractivity contribution in [3.05, 3.63) is 38.9 Å². The standard InChI is InChI=1S/C13H13ClN2O5/c1-13(12(18)19,7-2-3-7)15-11(17)9-6-8(14)4-5-10(9)16(20)21/h4-7H,2-3H2,1H3,(H,15,17)(H,18,19). The summed E-state index contributed by atoms with van der Waals surface area (Å²) in [4.78, 5) is 33.9. The first-order valence-corrected chi connectivity index (χ1v) is 6.63. The molecule has 8 heteroatoms. The number of hydrogen-bond donors (Lipinski definition) is 2. The average molecular weight is 313 g/mol. The van der Waals surface area contributed by atoms with Crippen molar-refractivity contribution in [1.82, 2.24) is 5.32 Å². The molecule has 0 aromatic heterocycles. The zero-order chi connectivity index (χ0) is 15.8. The average Bonchev–Trinajstić information content (AvgIpc) is 3.22. The summed E-state index contributed by atoms with van der Waals surface area (Å²) < 4.78 is 0. The van der Waals surface area contributed by atoms with Crippen LogP contribution in [0.25, 0.3) is 0 Å². The van der Waals surface area contributed by atoms with Crippen LogP contribution in [0.15, 0.2) is 18.2 Å². The number of carboxylic acid groups (broad SMARTS) is 1. The van der Waals surface area contributed by atoms with Crippen molar-refractivity contribution in [2.24, 2.45) is 5.92 Å². The van der Waals surface area contributed by atoms with Crippen molar-refractivity contribution in [1.29, 1.82) is 0 Å². The Morgan fingerprint density at radius 2 is 2.10 bits per heavy atom. The normalized spacial score (nSPS) is 16.9. The summed E-state index contributed by atoms with van der Waals surface area (Å²) in [5, 5.41) is 22.8. The Bertz CT molecular complexity index is 629. The van der Waals surface area contributed by atoms with Gasteiger partial charge in [0.2, 0.25) is 0 Å². The number of hydrogen-bond acceptors (Lipinski definition) is 4. The van der Waals surface area contributed by atoms with Crippen molar-refractivity contribution in [2.75, 3.05) is 0 Å². The molecule has 0 spiro atoms. The van der Waals surface area contributed by atoms with Gasteiger partial charge in [-0.3, -0.25) is 14.9 Å². The number of nitrogens with zero attached hydrogens (tertiary/aromatic N) is 1. The quantitative estimate of drug-likeness (QED) is 0.640. The number of benzene rings is 1. The van der Waals surface area contributed by atoms with Gasteiger partial charge in [0, 0.05) is 11.1 Å². The van der Waals surface area contributed by atoms with Crippen LogP contribution in [0.5, 0.6) is 0 Å². The van der Waals surface area contributed by atoms with E-state index in [-0.39, 0.29) is 16.5 Å². The van der Waals surface area contributed by atoms with E-state index in [2.05, 4.69) is 5.32 Å². The molecular weight excluding hydrogens is 300 g/mol. The van der Waals surface area contributed by atoms with Crippen LogP contribution in [0.4, 0.5) is 5.69 Å². The highest BCUT2D eigenvalue weighted by Crippen LogP contribution is 2.40. The fourth-order valence-corrected chi connectivity index (χ4v) is 2.32. The van der Waals surface area contributed by atoms with Gasteiger partial charge in [0.05, 0.1) is 4.92 Å². The minimum absolute atomic E-state index is 0.161. The summed E-state index contributed by atoms with van der Waals surface area (Å²) in [6.45, 7) is 1.40. The molecule has 0 aliphatic heterocycles. The van der Waals surface area contributed by atoms with E-state index in [1.165, 1.54) is 13.0 Å². The highest BCUT2D eigenvalue weighted by Gasteiger charge is 2.49. The number of carbonyl (C=O) groups is 2. The van der Waals surface area contributed by atoms with Gasteiger partial charge in [-0.1, -0.05) is 11.6 Å². The Balaban J connectivity index is 2.34. The van der Waals surface area contributed by atoms with Crippen LogP contribution in [-0.2, 0) is 4.79 Å². The largest absolute Gasteiger partial charge is 0.480 e. The van der Waals surface area contributed by atoms with Gasteiger partial charge in [-0.25, -0.2) is 4.79 Å². The molecule has 0 bridgehead atoms. The van der Waals surface area contributed by atoms with Crippen LogP contribution < -0.4 is 5.32 Å². The van der Waals surface area contributed by atoms with Crippen molar-refractivity contribution in [2.45, 2.75) is 25.3 Å². The molecule has 21 heavy (non-hydrogen) atoms. The number of amides is 1. The molecule has 1 fully saturated rings. The predicted molar refractivity (Wildman–Crippen MR) is 74.3 cm³/mol. The summed E-state index contributed by atoms with van der Waals surface area (Å²) in [6, 6.07) is 3.57. The van der Waals surface area contributed by atoms with Gasteiger partial charge in [-0.2, -0.15) is 0 Å². The predicted octanol–water partition coefficient (Wildman–Crippen LogP) is 2.23. The summed E-state index contributed by atoms with van der Waals surface area (Å²) >= 11 is 5.76. The van der Waals surface area contributed by atoms with Gasteiger partial charge >= 0.3 is 5.97 Å². The van der Waals surface area contributed by atoms with Crippen molar-refractivity contribution in [3.8, 4) is 0 Å². The van der Waals surface area contributed by atoms with E-state index in [0.29, 0.717) is 12.8 Å². The minimum atomic E-state index is -1.44. The monoisotopic (exact) mass is 312 g/mol. The van der Waals surface area contributed by atoms with E-state index in [1.807, 2.05) is 0 Å². The maximum atomic E-state index is 12.2. The van der Waals surface area contributed by atoms with Crippen LogP contribution in [-0.4, -0.2) is 27.4 Å². The summed E-state index contributed by atoms with van der Waals surface area (Å²) in [5.41, 5.74) is -2.10. The maximum Gasteiger partial charge on any atom is 0.329 e. The molecule has 2 N–H and O–H groups in total. The van der Waals surface area contributed by atoms with Gasteiger partial charge < -0.3 is 10.4 Å². The number of carboxylic acids is 1. The van der Waals surface area contributed by atoms with Crippen molar-refractivity contribution in [3.63, 3.8) is 0 Å². The molecule has 1 aromatic rings. The maximum absolute atomic E-state index is 12.2. The van der Waals surface area contributed by atoms with E-state index in [0.717, 1.165) is 12.1 Å². The van der Waals surface area contributed by atoms with Crippen LogP contribution in [0.2, 0.25) is 5.02 Å². The zero-order valence-electron chi connectivity index (χ0n) is 11.1. The van der Waals surface area contributed by atoms with Crippen LogP contribution in [0.1, 0.15) is 30.1 Å². The van der Waals surface area contributed by atoms with E-state index in [1.54, 1.807) is 0 Å². The third kappa shape index (κ3) is 2.97. The Morgan fingerprint density at radius 1 is 1.48 bits per heavy atom. The number of halogens is 1. The summed E-state index contributed by atoms with van der Waals surface area (Å²) in [6.07, 6.45) is 1.39. The lowest BCUT2D eigenvalue weighted by molar-refractivity contribution is -0.385. The highest BCUT2D eigenvalue weighted by molar-refractivity contribution is 6.31. The molecule has 1 saturated carbocycles. The smallest absolute Gasteiger partial charge is 0.329 e. The Labute approximate surface area is 125 Å². The molecule has 1 aliphatic rings. The molecule has 1 atom stereocenters. The fraction of sp³-hybridized carbons (Fsp3) is 0.385. The topological polar surface area (TPSA) is 110 Å². The van der Waals surface area contributed by atoms with Crippen molar-refractivity contribution < 1.29 is 19.6 Å².